The molecule has 4 aromatic rings. The number of rotatable bonds is 5. The Bertz CT molecular complexity index is 1500. The normalized spacial score (nSPS) is 16.2. The van der Waals surface area contributed by atoms with Gasteiger partial charge in [-0.25, -0.2) is 4.79 Å². The fourth-order valence-corrected chi connectivity index (χ4v) is 5.10. The summed E-state index contributed by atoms with van der Waals surface area (Å²) in [7, 11) is 1.46. The lowest BCUT2D eigenvalue weighted by Gasteiger charge is -2.18. The van der Waals surface area contributed by atoms with Crippen molar-refractivity contribution in [3.8, 4) is 5.75 Å². The quantitative estimate of drug-likeness (QED) is 0.339. The maximum Gasteiger partial charge on any atom is 0.416 e. The van der Waals surface area contributed by atoms with Crippen molar-refractivity contribution in [1.29, 1.82) is 0 Å². The van der Waals surface area contributed by atoms with Gasteiger partial charge < -0.3 is 9.64 Å². The number of alkyl halides is 3. The molecular weight excluding hydrogens is 518 g/mol. The fourth-order valence-electron chi connectivity index (χ4n) is 4.76. The zero-order chi connectivity index (χ0) is 25.6. The van der Waals surface area contributed by atoms with Crippen molar-refractivity contribution in [2.45, 2.75) is 25.2 Å². The van der Waals surface area contributed by atoms with Gasteiger partial charge in [-0.15, -0.1) is 5.10 Å². The molecule has 1 aliphatic rings. The highest BCUT2D eigenvalue weighted by molar-refractivity contribution is 6.43. The number of anilines is 1. The van der Waals surface area contributed by atoms with E-state index in [0.29, 0.717) is 42.1 Å². The number of imidazole rings is 1. The van der Waals surface area contributed by atoms with Crippen LogP contribution < -0.4 is 15.3 Å². The summed E-state index contributed by atoms with van der Waals surface area (Å²) in [6, 6.07) is 10.2. The summed E-state index contributed by atoms with van der Waals surface area (Å²) in [5.74, 6) is 0.812. The molecule has 0 spiro atoms. The minimum absolute atomic E-state index is 0.00825. The Kier molecular flexibility index (Phi) is 6.34. The number of hydrogen-bond donors (Lipinski definition) is 0. The number of aromatic nitrogens is 4. The maximum absolute atomic E-state index is 13.8. The van der Waals surface area contributed by atoms with Crippen molar-refractivity contribution in [2.24, 2.45) is 0 Å². The van der Waals surface area contributed by atoms with Gasteiger partial charge in [0.25, 0.3) is 0 Å². The highest BCUT2D eigenvalue weighted by Gasteiger charge is 2.34. The van der Waals surface area contributed by atoms with Crippen LogP contribution in [0.3, 0.4) is 0 Å². The van der Waals surface area contributed by atoms with Gasteiger partial charge in [0.2, 0.25) is 0 Å². The summed E-state index contributed by atoms with van der Waals surface area (Å²) in [5.41, 5.74) is -0.221. The Morgan fingerprint density at radius 3 is 2.67 bits per heavy atom. The van der Waals surface area contributed by atoms with E-state index < -0.39 is 17.4 Å². The third kappa shape index (κ3) is 4.18. The second kappa shape index (κ2) is 9.33. The molecule has 12 heteroatoms. The first-order valence-corrected chi connectivity index (χ1v) is 11.8. The highest BCUT2D eigenvalue weighted by Crippen LogP contribution is 2.36. The van der Waals surface area contributed by atoms with E-state index >= 15 is 0 Å². The summed E-state index contributed by atoms with van der Waals surface area (Å²) in [6.45, 7) is 0.671. The Balaban J connectivity index is 1.61. The van der Waals surface area contributed by atoms with Crippen LogP contribution in [-0.4, -0.2) is 39.5 Å². The molecule has 2 aromatic heterocycles. The maximum atomic E-state index is 13.8. The van der Waals surface area contributed by atoms with Gasteiger partial charge in [0.05, 0.1) is 42.0 Å². The zero-order valence-corrected chi connectivity index (χ0v) is 20.5. The van der Waals surface area contributed by atoms with Gasteiger partial charge in [0, 0.05) is 13.1 Å². The summed E-state index contributed by atoms with van der Waals surface area (Å²) in [5, 5.41) is 8.50. The second-order valence-corrected chi connectivity index (χ2v) is 9.23. The molecule has 0 bridgehead atoms. The number of nitrogens with zero attached hydrogens (tertiary/aromatic N) is 5. The lowest BCUT2D eigenvalue weighted by Crippen LogP contribution is -2.30. The van der Waals surface area contributed by atoms with Crippen molar-refractivity contribution in [3.05, 3.63) is 80.3 Å². The highest BCUT2D eigenvalue weighted by atomic mass is 35.5. The average Bonchev–Trinajstić information content (AvgIpc) is 3.43. The van der Waals surface area contributed by atoms with Crippen LogP contribution in [0.1, 0.15) is 23.6 Å². The summed E-state index contributed by atoms with van der Waals surface area (Å²) >= 11 is 12.4. The van der Waals surface area contributed by atoms with Crippen LogP contribution in [0.4, 0.5) is 19.0 Å². The predicted octanol–water partition coefficient (Wildman–Crippen LogP) is 5.43. The number of para-hydroxylation sites is 1. The van der Waals surface area contributed by atoms with Crippen LogP contribution in [-0.2, 0) is 12.7 Å². The Morgan fingerprint density at radius 2 is 1.92 bits per heavy atom. The van der Waals surface area contributed by atoms with Crippen molar-refractivity contribution in [2.75, 3.05) is 25.1 Å². The van der Waals surface area contributed by atoms with Gasteiger partial charge in [-0.05, 0) is 30.2 Å². The lowest BCUT2D eigenvalue weighted by molar-refractivity contribution is -0.138. The molecule has 0 aliphatic carbocycles. The average molecular weight is 538 g/mol. The van der Waals surface area contributed by atoms with Gasteiger partial charge in [-0.2, -0.15) is 18.3 Å². The molecule has 0 saturated carbocycles. The molecule has 7 nitrogen and oxygen atoms in total. The van der Waals surface area contributed by atoms with Crippen LogP contribution in [0.25, 0.3) is 11.0 Å². The molecule has 0 radical (unpaired) electrons. The van der Waals surface area contributed by atoms with Crippen molar-refractivity contribution in [3.63, 3.8) is 0 Å². The summed E-state index contributed by atoms with van der Waals surface area (Å²) in [6.07, 6.45) is -2.62. The van der Waals surface area contributed by atoms with Crippen LogP contribution in [0.5, 0.6) is 5.75 Å². The molecule has 36 heavy (non-hydrogen) atoms. The van der Waals surface area contributed by atoms with Crippen molar-refractivity contribution < 1.29 is 17.9 Å². The van der Waals surface area contributed by atoms with Gasteiger partial charge in [-0.1, -0.05) is 47.5 Å². The van der Waals surface area contributed by atoms with Gasteiger partial charge >= 0.3 is 11.9 Å². The topological polar surface area (TPSA) is 65.2 Å². The van der Waals surface area contributed by atoms with E-state index in [-0.39, 0.29) is 28.2 Å². The van der Waals surface area contributed by atoms with Crippen LogP contribution >= 0.6 is 23.2 Å². The smallest absolute Gasteiger partial charge is 0.416 e. The first-order chi connectivity index (χ1) is 17.2. The van der Waals surface area contributed by atoms with Crippen molar-refractivity contribution in [1.82, 2.24) is 19.3 Å². The number of benzene rings is 2. The number of methoxy groups -OCH3 is 1. The third-order valence-electron chi connectivity index (χ3n) is 6.37. The number of ether oxygens (including phenoxy) is 1. The second-order valence-electron chi connectivity index (χ2n) is 8.44. The molecule has 0 unspecified atom stereocenters. The fraction of sp³-hybridized carbons (Fsp3) is 0.292. The summed E-state index contributed by atoms with van der Waals surface area (Å²) in [4.78, 5) is 15.7. The monoisotopic (exact) mass is 537 g/mol. The van der Waals surface area contributed by atoms with Crippen molar-refractivity contribution >= 4 is 40.1 Å². The number of hydrogen-bond acceptors (Lipinski definition) is 5. The molecule has 188 valence electrons. The van der Waals surface area contributed by atoms with E-state index in [0.717, 1.165) is 6.07 Å². The third-order valence-corrected chi connectivity index (χ3v) is 7.13. The molecular formula is C24H20Cl2F3N5O2. The van der Waals surface area contributed by atoms with Crippen LogP contribution in [0.15, 0.2) is 53.5 Å². The van der Waals surface area contributed by atoms with E-state index in [2.05, 4.69) is 10.2 Å². The summed E-state index contributed by atoms with van der Waals surface area (Å²) < 4.78 is 49.5. The standard InChI is InChI=1S/C24H20Cl2F3N5O2/c1-36-19-8-4-7-18-21(19)33(12-14-5-2-3-6-16(14)24(27,28)29)23(35)34(18)15-9-10-32(13-15)22-20(26)17(25)11-30-31-22/h2-8,11,15H,9-10,12-13H2,1H3/t15-/m1/s1. The Labute approximate surface area is 213 Å². The van der Waals surface area contributed by atoms with Crippen LogP contribution in [0, 0.1) is 0 Å². The Hall–Kier alpha value is -3.24. The molecule has 2 aromatic carbocycles. The number of fused-ring (bicyclic) bond motifs is 1. The largest absolute Gasteiger partial charge is 0.494 e. The minimum atomic E-state index is -4.55. The van der Waals surface area contributed by atoms with Crippen LogP contribution in [0.2, 0.25) is 10.0 Å². The molecule has 5 rings (SSSR count). The SMILES string of the molecule is COc1cccc2c1n(Cc1ccccc1C(F)(F)F)c(=O)n2[C@@H]1CCN(c2nncc(Cl)c2Cl)C1. The molecule has 0 N–H and O–H groups in total. The minimum Gasteiger partial charge on any atom is -0.494 e. The van der Waals surface area contributed by atoms with E-state index in [1.807, 2.05) is 4.90 Å². The van der Waals surface area contributed by atoms with E-state index in [4.69, 9.17) is 27.9 Å². The van der Waals surface area contributed by atoms with Gasteiger partial charge in [0.15, 0.2) is 5.82 Å². The van der Waals surface area contributed by atoms with E-state index in [1.54, 1.807) is 22.8 Å². The first-order valence-electron chi connectivity index (χ1n) is 11.0. The molecule has 1 saturated heterocycles. The molecule has 3 heterocycles. The lowest BCUT2D eigenvalue weighted by atomic mass is 10.1. The van der Waals surface area contributed by atoms with Gasteiger partial charge in [-0.3, -0.25) is 9.13 Å². The first kappa shape index (κ1) is 24.5. The molecule has 0 amide bonds. The predicted molar refractivity (Wildman–Crippen MR) is 131 cm³/mol. The van der Waals surface area contributed by atoms with E-state index in [9.17, 15) is 18.0 Å². The molecule has 1 fully saturated rings. The Morgan fingerprint density at radius 1 is 1.14 bits per heavy atom. The molecule has 1 aliphatic heterocycles. The zero-order valence-electron chi connectivity index (χ0n) is 19.0. The van der Waals surface area contributed by atoms with Gasteiger partial charge in [0.1, 0.15) is 16.3 Å². The molecule has 1 atom stereocenters. The number of halogens is 5. The van der Waals surface area contributed by atoms with E-state index in [1.165, 1.54) is 36.1 Å².